The van der Waals surface area contributed by atoms with Gasteiger partial charge in [0.25, 0.3) is 5.91 Å². The fraction of sp³-hybridized carbons (Fsp3) is 0.250. The molecule has 3 aromatic carbocycles. The van der Waals surface area contributed by atoms with Gasteiger partial charge in [0.1, 0.15) is 11.7 Å². The molecule has 7 heteroatoms. The van der Waals surface area contributed by atoms with E-state index in [1.54, 1.807) is 21.7 Å². The Kier molecular flexibility index (Phi) is 5.85. The predicted molar refractivity (Wildman–Crippen MR) is 139 cm³/mol. The van der Waals surface area contributed by atoms with E-state index in [-0.39, 0.29) is 11.8 Å². The second-order valence-corrected chi connectivity index (χ2v) is 10.3. The number of hydrogen-bond donors (Lipinski definition) is 1. The summed E-state index contributed by atoms with van der Waals surface area (Å²) in [5, 5.41) is 9.17. The van der Waals surface area contributed by atoms with Crippen LogP contribution < -0.4 is 10.2 Å². The number of rotatable bonds is 4. The molecule has 0 radical (unpaired) electrons. The zero-order valence-electron chi connectivity index (χ0n) is 19.9. The molecule has 2 unspecified atom stereocenters. The molecular weight excluding hydrogens is 460 g/mol. The molecule has 35 heavy (non-hydrogen) atoms. The highest BCUT2D eigenvalue weighted by atomic mass is 35.5. The Morgan fingerprint density at radius 3 is 2.31 bits per heavy atom. The van der Waals surface area contributed by atoms with E-state index >= 15 is 0 Å². The fourth-order valence-electron chi connectivity index (χ4n) is 4.73. The molecule has 5 rings (SSSR count). The van der Waals surface area contributed by atoms with Crippen LogP contribution in [0.25, 0.3) is 10.9 Å². The number of anilines is 1. The van der Waals surface area contributed by atoms with Crippen LogP contribution in [0.5, 0.6) is 0 Å². The molecule has 4 aromatic rings. The lowest BCUT2D eigenvalue weighted by atomic mass is 9.92. The van der Waals surface area contributed by atoms with Gasteiger partial charge >= 0.3 is 0 Å². The van der Waals surface area contributed by atoms with Gasteiger partial charge in [0.05, 0.1) is 11.6 Å². The topological polar surface area (TPSA) is 67.2 Å². The Hall–Kier alpha value is -3.64. The zero-order chi connectivity index (χ0) is 24.7. The van der Waals surface area contributed by atoms with Gasteiger partial charge in [0.2, 0.25) is 5.91 Å². The Morgan fingerprint density at radius 1 is 1.00 bits per heavy atom. The molecule has 0 saturated heterocycles. The van der Waals surface area contributed by atoms with Gasteiger partial charge in [-0.05, 0) is 63.1 Å². The van der Waals surface area contributed by atoms with Crippen molar-refractivity contribution < 1.29 is 9.59 Å². The molecule has 0 fully saturated rings. The molecule has 1 N–H and O–H groups in total. The van der Waals surface area contributed by atoms with E-state index in [1.165, 1.54) is 0 Å². The van der Waals surface area contributed by atoms with Gasteiger partial charge < -0.3 is 5.32 Å². The average molecular weight is 487 g/mol. The summed E-state index contributed by atoms with van der Waals surface area (Å²) in [6, 6.07) is 23.4. The molecule has 2 amide bonds. The maximum Gasteiger partial charge on any atom is 0.278 e. The Bertz CT molecular complexity index is 1390. The summed E-state index contributed by atoms with van der Waals surface area (Å²) < 4.78 is 1.74. The maximum atomic E-state index is 14.1. The number of carbonyl (C=O) groups excluding carboxylic acids is 2. The molecule has 1 aliphatic rings. The van der Waals surface area contributed by atoms with Crippen molar-refractivity contribution in [2.75, 3.05) is 4.90 Å². The van der Waals surface area contributed by atoms with Gasteiger partial charge in [-0.3, -0.25) is 19.2 Å². The fourth-order valence-corrected chi connectivity index (χ4v) is 4.90. The van der Waals surface area contributed by atoms with Crippen molar-refractivity contribution in [2.45, 2.75) is 44.8 Å². The number of fused-ring (bicyclic) bond motifs is 3. The first-order valence-electron chi connectivity index (χ1n) is 11.7. The van der Waals surface area contributed by atoms with Gasteiger partial charge in [-0.2, -0.15) is 5.10 Å². The van der Waals surface area contributed by atoms with Gasteiger partial charge in [0, 0.05) is 21.6 Å². The third kappa shape index (κ3) is 4.42. The van der Waals surface area contributed by atoms with Crippen molar-refractivity contribution >= 4 is 40.0 Å². The molecule has 2 heterocycles. The number of amides is 2. The van der Waals surface area contributed by atoms with E-state index in [2.05, 4.69) is 5.32 Å². The molecule has 0 bridgehead atoms. The molecular formula is C28H27ClN4O2. The SMILES string of the molecule is CC(C)(C)NC(=O)C1C(Cc2ccccc2)n2nc3cc(Cl)ccc3c2C(=O)N1c1ccccc1. The number of benzene rings is 3. The molecule has 0 saturated carbocycles. The first kappa shape index (κ1) is 23.1. The molecule has 2 atom stereocenters. The van der Waals surface area contributed by atoms with E-state index in [1.807, 2.05) is 87.5 Å². The maximum absolute atomic E-state index is 14.1. The summed E-state index contributed by atoms with van der Waals surface area (Å²) in [6.07, 6.45) is 0.522. The number of aromatic nitrogens is 2. The standard InChI is InChI=1S/C28H27ClN4O2/c1-28(2,3)30-26(34)25-23(16-18-10-6-4-7-11-18)33-24(21-15-14-19(29)17-22(21)31-33)27(35)32(25)20-12-8-5-9-13-20/h4-15,17,23,25H,16H2,1-3H3,(H,30,34). The van der Waals surface area contributed by atoms with Crippen molar-refractivity contribution in [1.29, 1.82) is 0 Å². The largest absolute Gasteiger partial charge is 0.350 e. The normalized spacial score (nSPS) is 17.9. The third-order valence-electron chi connectivity index (χ3n) is 6.13. The summed E-state index contributed by atoms with van der Waals surface area (Å²) in [7, 11) is 0. The second-order valence-electron chi connectivity index (χ2n) is 9.91. The van der Waals surface area contributed by atoms with Crippen molar-refractivity contribution in [2.24, 2.45) is 0 Å². The number of hydrogen-bond acceptors (Lipinski definition) is 3. The quantitative estimate of drug-likeness (QED) is 0.419. The second kappa shape index (κ2) is 8.86. The van der Waals surface area contributed by atoms with Gasteiger partial charge in [-0.25, -0.2) is 0 Å². The molecule has 1 aliphatic heterocycles. The summed E-state index contributed by atoms with van der Waals surface area (Å²) in [5.41, 5.74) is 2.34. The Morgan fingerprint density at radius 2 is 1.66 bits per heavy atom. The van der Waals surface area contributed by atoms with Gasteiger partial charge in [-0.15, -0.1) is 0 Å². The molecule has 1 aromatic heterocycles. The first-order chi connectivity index (χ1) is 16.7. The zero-order valence-corrected chi connectivity index (χ0v) is 20.7. The van der Waals surface area contributed by atoms with Crippen LogP contribution in [0.4, 0.5) is 5.69 Å². The van der Waals surface area contributed by atoms with E-state index in [0.717, 1.165) is 5.56 Å². The van der Waals surface area contributed by atoms with Gasteiger partial charge in [0.15, 0.2) is 0 Å². The number of nitrogens with one attached hydrogen (secondary N) is 1. The first-order valence-corrected chi connectivity index (χ1v) is 12.0. The van der Waals surface area contributed by atoms with Crippen molar-refractivity contribution in [3.8, 4) is 0 Å². The summed E-state index contributed by atoms with van der Waals surface area (Å²) >= 11 is 6.25. The van der Waals surface area contributed by atoms with E-state index in [4.69, 9.17) is 16.7 Å². The smallest absolute Gasteiger partial charge is 0.278 e. The minimum atomic E-state index is -0.804. The van der Waals surface area contributed by atoms with Crippen LogP contribution in [0.1, 0.15) is 42.9 Å². The molecule has 6 nitrogen and oxygen atoms in total. The van der Waals surface area contributed by atoms with Crippen LogP contribution in [0.15, 0.2) is 78.9 Å². The third-order valence-corrected chi connectivity index (χ3v) is 6.36. The van der Waals surface area contributed by atoms with Crippen molar-refractivity contribution in [3.63, 3.8) is 0 Å². The number of carbonyl (C=O) groups is 2. The number of para-hydroxylation sites is 1. The summed E-state index contributed by atoms with van der Waals surface area (Å²) in [6.45, 7) is 5.80. The monoisotopic (exact) mass is 486 g/mol. The number of halogens is 1. The van der Waals surface area contributed by atoms with Crippen LogP contribution >= 0.6 is 11.6 Å². The van der Waals surface area contributed by atoms with E-state index < -0.39 is 17.6 Å². The molecule has 0 spiro atoms. The Balaban J connectivity index is 1.75. The van der Waals surface area contributed by atoms with E-state index in [0.29, 0.717) is 33.7 Å². The van der Waals surface area contributed by atoms with Crippen molar-refractivity contribution in [1.82, 2.24) is 15.1 Å². The average Bonchev–Trinajstić information content (AvgIpc) is 3.19. The van der Waals surface area contributed by atoms with Crippen LogP contribution in [0, 0.1) is 0 Å². The minimum absolute atomic E-state index is 0.223. The molecule has 178 valence electrons. The Labute approximate surface area is 209 Å². The minimum Gasteiger partial charge on any atom is -0.350 e. The van der Waals surface area contributed by atoms with Crippen LogP contribution in [-0.2, 0) is 11.2 Å². The van der Waals surface area contributed by atoms with Crippen molar-refractivity contribution in [3.05, 3.63) is 95.1 Å². The number of nitrogens with zero attached hydrogens (tertiary/aromatic N) is 3. The lowest BCUT2D eigenvalue weighted by Crippen LogP contribution is -2.60. The van der Waals surface area contributed by atoms with Gasteiger partial charge in [-0.1, -0.05) is 60.1 Å². The lowest BCUT2D eigenvalue weighted by molar-refractivity contribution is -0.125. The van der Waals surface area contributed by atoms with Crippen LogP contribution in [0.3, 0.4) is 0 Å². The molecule has 0 aliphatic carbocycles. The summed E-state index contributed by atoms with van der Waals surface area (Å²) in [5.74, 6) is -0.488. The highest BCUT2D eigenvalue weighted by Crippen LogP contribution is 2.37. The summed E-state index contributed by atoms with van der Waals surface area (Å²) in [4.78, 5) is 29.6. The van der Waals surface area contributed by atoms with Crippen LogP contribution in [-0.4, -0.2) is 33.2 Å². The highest BCUT2D eigenvalue weighted by Gasteiger charge is 2.47. The lowest BCUT2D eigenvalue weighted by Gasteiger charge is -2.41. The van der Waals surface area contributed by atoms with E-state index in [9.17, 15) is 9.59 Å². The predicted octanol–water partition coefficient (Wildman–Crippen LogP) is 5.42. The highest BCUT2D eigenvalue weighted by molar-refractivity contribution is 6.31. The van der Waals surface area contributed by atoms with Crippen LogP contribution in [0.2, 0.25) is 5.02 Å².